The van der Waals surface area contributed by atoms with E-state index in [0.29, 0.717) is 5.56 Å². The molecular formula is C11H15FN2O4S. The lowest BCUT2D eigenvalue weighted by Crippen LogP contribution is -2.31. The fourth-order valence-electron chi connectivity index (χ4n) is 1.32. The molecule has 1 rings (SSSR count). The highest BCUT2D eigenvalue weighted by molar-refractivity contribution is 7.89. The fraction of sp³-hybridized carbons (Fsp3) is 0.364. The Labute approximate surface area is 110 Å². The van der Waals surface area contributed by atoms with Gasteiger partial charge in [0.1, 0.15) is 17.3 Å². The van der Waals surface area contributed by atoms with Crippen LogP contribution >= 0.6 is 0 Å². The summed E-state index contributed by atoms with van der Waals surface area (Å²) in [6, 6.07) is 2.03. The van der Waals surface area contributed by atoms with Crippen LogP contribution in [0.25, 0.3) is 0 Å². The van der Waals surface area contributed by atoms with Crippen molar-refractivity contribution in [3.05, 3.63) is 23.5 Å². The van der Waals surface area contributed by atoms with Crippen molar-refractivity contribution >= 4 is 21.7 Å². The predicted molar refractivity (Wildman–Crippen MR) is 67.4 cm³/mol. The first-order valence-electron chi connectivity index (χ1n) is 5.49. The maximum Gasteiger partial charge on any atom is 0.321 e. The summed E-state index contributed by atoms with van der Waals surface area (Å²) in [5.41, 5.74) is 6.12. The van der Waals surface area contributed by atoms with Crippen LogP contribution < -0.4 is 10.5 Å². The van der Waals surface area contributed by atoms with Crippen molar-refractivity contribution in [1.29, 1.82) is 0 Å². The quantitative estimate of drug-likeness (QED) is 0.610. The average Bonchev–Trinajstić information content (AvgIpc) is 2.31. The first kappa shape index (κ1) is 15.4. The highest BCUT2D eigenvalue weighted by Gasteiger charge is 2.21. The number of nitrogens with one attached hydrogen (secondary N) is 1. The van der Waals surface area contributed by atoms with Crippen LogP contribution in [-0.4, -0.2) is 27.5 Å². The largest absolute Gasteiger partial charge is 0.465 e. The Balaban J connectivity index is 2.95. The third-order valence-corrected chi connectivity index (χ3v) is 3.74. The van der Waals surface area contributed by atoms with Crippen LogP contribution in [0.5, 0.6) is 0 Å². The molecule has 0 heterocycles. The zero-order valence-corrected chi connectivity index (χ0v) is 11.4. The van der Waals surface area contributed by atoms with Crippen molar-refractivity contribution in [1.82, 2.24) is 4.72 Å². The van der Waals surface area contributed by atoms with Crippen molar-refractivity contribution in [2.75, 3.05) is 18.9 Å². The lowest BCUT2D eigenvalue weighted by molar-refractivity contribution is -0.141. The van der Waals surface area contributed by atoms with E-state index in [1.54, 1.807) is 13.8 Å². The van der Waals surface area contributed by atoms with Crippen LogP contribution in [0, 0.1) is 12.7 Å². The van der Waals surface area contributed by atoms with E-state index in [-0.39, 0.29) is 12.3 Å². The van der Waals surface area contributed by atoms with E-state index in [4.69, 9.17) is 5.73 Å². The number of carbonyl (C=O) groups is 1. The second kappa shape index (κ2) is 5.98. The molecule has 8 heteroatoms. The summed E-state index contributed by atoms with van der Waals surface area (Å²) in [6.07, 6.45) is 0. The van der Waals surface area contributed by atoms with E-state index in [1.165, 1.54) is 0 Å². The summed E-state index contributed by atoms with van der Waals surface area (Å²) in [4.78, 5) is 10.5. The lowest BCUT2D eigenvalue weighted by Gasteiger charge is -2.09. The predicted octanol–water partition coefficient (Wildman–Crippen LogP) is 0.558. The van der Waals surface area contributed by atoms with Crippen LogP contribution in [-0.2, 0) is 19.6 Å². The molecule has 0 aromatic heterocycles. The number of esters is 1. The Bertz CT molecular complexity index is 587. The van der Waals surface area contributed by atoms with Gasteiger partial charge in [0.2, 0.25) is 10.0 Å². The lowest BCUT2D eigenvalue weighted by atomic mass is 10.2. The molecule has 0 atom stereocenters. The third kappa shape index (κ3) is 3.90. The van der Waals surface area contributed by atoms with Gasteiger partial charge in [-0.1, -0.05) is 0 Å². The number of halogens is 1. The molecule has 19 heavy (non-hydrogen) atoms. The number of anilines is 1. The first-order chi connectivity index (χ1) is 8.77. The van der Waals surface area contributed by atoms with E-state index < -0.39 is 33.3 Å². The number of nitrogen functional groups attached to an aromatic ring is 1. The van der Waals surface area contributed by atoms with E-state index in [9.17, 15) is 17.6 Å². The summed E-state index contributed by atoms with van der Waals surface area (Å²) < 4.78 is 43.7. The molecule has 0 aliphatic heterocycles. The Morgan fingerprint density at radius 3 is 2.68 bits per heavy atom. The van der Waals surface area contributed by atoms with Crippen molar-refractivity contribution in [2.45, 2.75) is 18.7 Å². The van der Waals surface area contributed by atoms with E-state index in [0.717, 1.165) is 12.1 Å². The molecule has 0 saturated carbocycles. The highest BCUT2D eigenvalue weighted by atomic mass is 32.2. The van der Waals surface area contributed by atoms with Crippen molar-refractivity contribution in [2.24, 2.45) is 0 Å². The summed E-state index contributed by atoms with van der Waals surface area (Å²) in [5, 5.41) is 0. The second-order valence-corrected chi connectivity index (χ2v) is 5.50. The topological polar surface area (TPSA) is 98.5 Å². The molecule has 0 aliphatic carbocycles. The highest BCUT2D eigenvalue weighted by Crippen LogP contribution is 2.21. The number of nitrogens with two attached hydrogens (primary N) is 1. The van der Waals surface area contributed by atoms with Gasteiger partial charge in [-0.3, -0.25) is 4.79 Å². The Kier molecular flexibility index (Phi) is 4.84. The Hall–Kier alpha value is -1.67. The van der Waals surface area contributed by atoms with Crippen LogP contribution in [0.2, 0.25) is 0 Å². The van der Waals surface area contributed by atoms with Crippen LogP contribution in [0.3, 0.4) is 0 Å². The third-order valence-electron chi connectivity index (χ3n) is 2.32. The Morgan fingerprint density at radius 2 is 2.11 bits per heavy atom. The average molecular weight is 290 g/mol. The van der Waals surface area contributed by atoms with Gasteiger partial charge in [-0.05, 0) is 31.5 Å². The molecule has 0 unspecified atom stereocenters. The van der Waals surface area contributed by atoms with Gasteiger partial charge in [-0.25, -0.2) is 12.8 Å². The van der Waals surface area contributed by atoms with Crippen molar-refractivity contribution in [3.8, 4) is 0 Å². The molecule has 3 N–H and O–H groups in total. The zero-order chi connectivity index (χ0) is 14.6. The summed E-state index contributed by atoms with van der Waals surface area (Å²) in [5.74, 6) is -1.67. The van der Waals surface area contributed by atoms with Crippen molar-refractivity contribution in [3.63, 3.8) is 0 Å². The normalized spacial score (nSPS) is 11.3. The van der Waals surface area contributed by atoms with Crippen LogP contribution in [0.4, 0.5) is 10.1 Å². The van der Waals surface area contributed by atoms with Gasteiger partial charge in [0, 0.05) is 5.69 Å². The van der Waals surface area contributed by atoms with E-state index >= 15 is 0 Å². The zero-order valence-electron chi connectivity index (χ0n) is 10.6. The smallest absolute Gasteiger partial charge is 0.321 e. The van der Waals surface area contributed by atoms with Gasteiger partial charge < -0.3 is 10.5 Å². The van der Waals surface area contributed by atoms with Gasteiger partial charge in [0.05, 0.1) is 6.61 Å². The molecule has 1 aromatic carbocycles. The molecule has 0 spiro atoms. The number of ether oxygens (including phenoxy) is 1. The monoisotopic (exact) mass is 290 g/mol. The summed E-state index contributed by atoms with van der Waals surface area (Å²) in [7, 11) is -4.15. The molecular weight excluding hydrogens is 275 g/mol. The molecule has 106 valence electrons. The van der Waals surface area contributed by atoms with Crippen LogP contribution in [0.1, 0.15) is 12.5 Å². The summed E-state index contributed by atoms with van der Waals surface area (Å²) >= 11 is 0. The number of hydrogen-bond acceptors (Lipinski definition) is 5. The molecule has 6 nitrogen and oxygen atoms in total. The molecule has 0 saturated heterocycles. The fourth-order valence-corrected chi connectivity index (χ4v) is 2.38. The van der Waals surface area contributed by atoms with Crippen LogP contribution in [0.15, 0.2) is 17.0 Å². The number of carbonyl (C=O) groups excluding carboxylic acids is 1. The van der Waals surface area contributed by atoms with E-state index in [1.807, 2.05) is 4.72 Å². The van der Waals surface area contributed by atoms with Gasteiger partial charge >= 0.3 is 5.97 Å². The SMILES string of the molecule is CCOC(=O)CNS(=O)(=O)c1cc(N)c(C)cc1F. The molecule has 0 aliphatic rings. The number of benzene rings is 1. The number of aryl methyl sites for hydroxylation is 1. The minimum absolute atomic E-state index is 0.131. The summed E-state index contributed by atoms with van der Waals surface area (Å²) in [6.45, 7) is 2.71. The number of sulfonamides is 1. The molecule has 0 fully saturated rings. The minimum Gasteiger partial charge on any atom is -0.465 e. The molecule has 0 amide bonds. The number of rotatable bonds is 5. The molecule has 0 bridgehead atoms. The van der Waals surface area contributed by atoms with Gasteiger partial charge in [0.25, 0.3) is 0 Å². The number of hydrogen-bond donors (Lipinski definition) is 2. The Morgan fingerprint density at radius 1 is 1.47 bits per heavy atom. The minimum atomic E-state index is -4.15. The molecule has 0 radical (unpaired) electrons. The van der Waals surface area contributed by atoms with Gasteiger partial charge in [-0.2, -0.15) is 4.72 Å². The molecule has 1 aromatic rings. The van der Waals surface area contributed by atoms with E-state index in [2.05, 4.69) is 4.74 Å². The van der Waals surface area contributed by atoms with Gasteiger partial charge in [0.15, 0.2) is 0 Å². The van der Waals surface area contributed by atoms with Gasteiger partial charge in [-0.15, -0.1) is 0 Å². The first-order valence-corrected chi connectivity index (χ1v) is 6.97. The second-order valence-electron chi connectivity index (χ2n) is 3.77. The maximum atomic E-state index is 13.6. The van der Waals surface area contributed by atoms with Crippen molar-refractivity contribution < 1.29 is 22.3 Å². The maximum absolute atomic E-state index is 13.6. The standard InChI is InChI=1S/C11H15FN2O4S/c1-3-18-11(15)6-14-19(16,17)10-5-9(13)7(2)4-8(10)12/h4-5,14H,3,6,13H2,1-2H3.